The average Bonchev–Trinajstić information content (AvgIpc) is 3.32. The fourth-order valence-corrected chi connectivity index (χ4v) is 5.24. The normalized spacial score (nSPS) is 21.4. The highest BCUT2D eigenvalue weighted by molar-refractivity contribution is 5.96. The van der Waals surface area contributed by atoms with Crippen LogP contribution >= 0.6 is 0 Å². The maximum Gasteiger partial charge on any atom is 0.247 e. The minimum absolute atomic E-state index is 0.000400. The van der Waals surface area contributed by atoms with Crippen molar-refractivity contribution in [2.45, 2.75) is 44.4 Å². The van der Waals surface area contributed by atoms with Crippen LogP contribution in [0.25, 0.3) is 0 Å². The van der Waals surface area contributed by atoms with E-state index in [0.29, 0.717) is 35.1 Å². The van der Waals surface area contributed by atoms with E-state index < -0.39 is 41.8 Å². The zero-order valence-corrected chi connectivity index (χ0v) is 22.1. The van der Waals surface area contributed by atoms with E-state index in [2.05, 4.69) is 5.32 Å². The molecular weight excluding hydrogens is 507 g/mol. The zero-order chi connectivity index (χ0) is 28.3. The number of hydrogen-bond donors (Lipinski definition) is 3. The van der Waals surface area contributed by atoms with Crippen LogP contribution in [0.4, 0.5) is 4.39 Å². The number of benzene rings is 2. The first-order valence-electron chi connectivity index (χ1n) is 12.9. The van der Waals surface area contributed by atoms with Gasteiger partial charge in [-0.15, -0.1) is 0 Å². The molecule has 2 amide bonds. The molecule has 0 saturated carbocycles. The van der Waals surface area contributed by atoms with Crippen molar-refractivity contribution < 1.29 is 38.5 Å². The predicted molar refractivity (Wildman–Crippen MR) is 140 cm³/mol. The molecule has 1 aliphatic heterocycles. The van der Waals surface area contributed by atoms with Crippen molar-refractivity contribution in [3.63, 3.8) is 0 Å². The third-order valence-electron chi connectivity index (χ3n) is 7.08. The van der Waals surface area contributed by atoms with Gasteiger partial charge < -0.3 is 29.9 Å². The number of aldehydes is 1. The van der Waals surface area contributed by atoms with E-state index in [-0.39, 0.29) is 36.9 Å². The topological polar surface area (TPSA) is 125 Å². The summed E-state index contributed by atoms with van der Waals surface area (Å²) >= 11 is 0. The van der Waals surface area contributed by atoms with Gasteiger partial charge in [0.15, 0.2) is 11.5 Å². The van der Waals surface area contributed by atoms with Crippen LogP contribution in [0.5, 0.6) is 11.5 Å². The molecule has 0 aromatic heterocycles. The number of methoxy groups -OCH3 is 1. The lowest BCUT2D eigenvalue weighted by Crippen LogP contribution is -2.56. The Balaban J connectivity index is 1.78. The molecule has 4 atom stereocenters. The summed E-state index contributed by atoms with van der Waals surface area (Å²) < 4.78 is 25.4. The summed E-state index contributed by atoms with van der Waals surface area (Å²) in [6.07, 6.45) is 0.338. The molecule has 4 rings (SSSR count). The number of halogens is 1. The fourth-order valence-electron chi connectivity index (χ4n) is 5.24. The first kappa shape index (κ1) is 28.3. The number of rotatable bonds is 10. The van der Waals surface area contributed by atoms with Crippen molar-refractivity contribution >= 4 is 18.1 Å². The highest BCUT2D eigenvalue weighted by Crippen LogP contribution is 2.51. The van der Waals surface area contributed by atoms with Crippen molar-refractivity contribution in [2.24, 2.45) is 5.92 Å². The molecule has 1 aliphatic carbocycles. The molecule has 2 aromatic rings. The first-order valence-corrected chi connectivity index (χ1v) is 12.9. The van der Waals surface area contributed by atoms with Crippen molar-refractivity contribution in [3.05, 3.63) is 70.6 Å². The van der Waals surface area contributed by atoms with E-state index in [9.17, 15) is 29.0 Å². The van der Waals surface area contributed by atoms with E-state index in [1.807, 2.05) is 0 Å². The molecule has 0 radical (unpaired) electrons. The van der Waals surface area contributed by atoms with Gasteiger partial charge in [-0.3, -0.25) is 14.4 Å². The second-order valence-corrected chi connectivity index (χ2v) is 9.97. The number of nitrogens with one attached hydrogen (secondary N) is 1. The number of fused-ring (bicyclic) bond motifs is 3. The van der Waals surface area contributed by atoms with Crippen LogP contribution < -0.4 is 14.8 Å². The average molecular weight is 541 g/mol. The molecule has 2 aromatic carbocycles. The van der Waals surface area contributed by atoms with E-state index >= 15 is 0 Å². The van der Waals surface area contributed by atoms with Gasteiger partial charge in [0.1, 0.15) is 24.3 Å². The lowest BCUT2D eigenvalue weighted by Gasteiger charge is -2.41. The minimum atomic E-state index is -1.24. The summed E-state index contributed by atoms with van der Waals surface area (Å²) in [7, 11) is 1.43. The third-order valence-corrected chi connectivity index (χ3v) is 7.08. The Kier molecular flexibility index (Phi) is 8.66. The van der Waals surface area contributed by atoms with Crippen LogP contribution in [0, 0.1) is 11.7 Å². The number of ether oxygens (including phenoxy) is 2. The van der Waals surface area contributed by atoms with Crippen LogP contribution in [0.1, 0.15) is 41.3 Å². The molecule has 0 bridgehead atoms. The molecular formula is C29H33FN2O7. The Morgan fingerprint density at radius 3 is 2.67 bits per heavy atom. The van der Waals surface area contributed by atoms with Crippen LogP contribution in [0.15, 0.2) is 48.0 Å². The number of aliphatic hydroxyl groups is 2. The Morgan fingerprint density at radius 2 is 2.03 bits per heavy atom. The SMILES string of the molecule is COc1cc(C=O)cc2c1O[C@@H]1[C@@H](O)[C@H](N(CCc3cccc(F)c3)C(=O)C(C)C)C=C(C(=O)NCCO)[C@H]21. The molecule has 10 heteroatoms. The van der Waals surface area contributed by atoms with E-state index in [0.717, 1.165) is 0 Å². The maximum absolute atomic E-state index is 13.8. The van der Waals surface area contributed by atoms with Crippen LogP contribution in [-0.2, 0) is 16.0 Å². The molecule has 1 heterocycles. The number of carbonyl (C=O) groups excluding carboxylic acids is 3. The van der Waals surface area contributed by atoms with E-state index in [1.54, 1.807) is 38.1 Å². The Labute approximate surface area is 226 Å². The van der Waals surface area contributed by atoms with Gasteiger partial charge in [-0.25, -0.2) is 4.39 Å². The Hall–Kier alpha value is -3.76. The highest BCUT2D eigenvalue weighted by atomic mass is 19.1. The molecule has 2 aliphatic rings. The molecule has 0 spiro atoms. The fraction of sp³-hybridized carbons (Fsp3) is 0.414. The largest absolute Gasteiger partial charge is 0.493 e. The number of aliphatic hydroxyl groups excluding tert-OH is 2. The molecule has 0 unspecified atom stereocenters. The van der Waals surface area contributed by atoms with Crippen molar-refractivity contribution in [2.75, 3.05) is 26.8 Å². The second kappa shape index (κ2) is 12.0. The van der Waals surface area contributed by atoms with Gasteiger partial charge in [0.05, 0.1) is 25.7 Å². The molecule has 39 heavy (non-hydrogen) atoms. The summed E-state index contributed by atoms with van der Waals surface area (Å²) in [5, 5.41) is 23.5. The van der Waals surface area contributed by atoms with Gasteiger partial charge in [0.2, 0.25) is 11.8 Å². The molecule has 9 nitrogen and oxygen atoms in total. The van der Waals surface area contributed by atoms with Crippen molar-refractivity contribution in [1.82, 2.24) is 10.2 Å². The van der Waals surface area contributed by atoms with Gasteiger partial charge in [-0.2, -0.15) is 0 Å². The second-order valence-electron chi connectivity index (χ2n) is 9.97. The highest BCUT2D eigenvalue weighted by Gasteiger charge is 2.51. The summed E-state index contributed by atoms with van der Waals surface area (Å²) in [6, 6.07) is 8.24. The number of nitrogens with zero attached hydrogens (tertiary/aromatic N) is 1. The molecule has 3 N–H and O–H groups in total. The number of hydrogen-bond acceptors (Lipinski definition) is 7. The quantitative estimate of drug-likeness (QED) is 0.394. The van der Waals surface area contributed by atoms with E-state index in [1.165, 1.54) is 30.2 Å². The van der Waals surface area contributed by atoms with Crippen LogP contribution in [0.2, 0.25) is 0 Å². The van der Waals surface area contributed by atoms with Crippen LogP contribution in [-0.4, -0.2) is 78.3 Å². The maximum atomic E-state index is 13.8. The minimum Gasteiger partial charge on any atom is -0.493 e. The predicted octanol–water partition coefficient (Wildman–Crippen LogP) is 2.00. The summed E-state index contributed by atoms with van der Waals surface area (Å²) in [5.74, 6) is -1.72. The van der Waals surface area contributed by atoms with E-state index in [4.69, 9.17) is 9.47 Å². The molecule has 208 valence electrons. The van der Waals surface area contributed by atoms with Crippen molar-refractivity contribution in [1.29, 1.82) is 0 Å². The van der Waals surface area contributed by atoms with Gasteiger partial charge in [-0.1, -0.05) is 26.0 Å². The summed E-state index contributed by atoms with van der Waals surface area (Å²) in [4.78, 5) is 39.8. The third kappa shape index (κ3) is 5.67. The smallest absolute Gasteiger partial charge is 0.247 e. The lowest BCUT2D eigenvalue weighted by molar-refractivity contribution is -0.140. The Morgan fingerprint density at radius 1 is 1.26 bits per heavy atom. The standard InChI is InChI=1S/C29H33FN2O7/c1-16(2)29(37)32(9-7-17-5-4-6-19(30)11-17)22-14-21(28(36)31-8-10-33)24-20-12-18(15-34)13-23(38-3)26(20)39-27(24)25(22)35/h4-6,11-16,22,24-25,27,33,35H,7-10H2,1-3H3,(H,31,36)/t22-,24+,25+,27+/m1/s1. The number of carbonyl (C=O) groups is 3. The molecule has 0 fully saturated rings. The van der Waals surface area contributed by atoms with Gasteiger partial charge in [0.25, 0.3) is 0 Å². The van der Waals surface area contributed by atoms with Crippen molar-refractivity contribution in [3.8, 4) is 11.5 Å². The van der Waals surface area contributed by atoms with Gasteiger partial charge in [-0.05, 0) is 42.3 Å². The summed E-state index contributed by atoms with van der Waals surface area (Å²) in [5.41, 5.74) is 1.74. The lowest BCUT2D eigenvalue weighted by atomic mass is 9.77. The van der Waals surface area contributed by atoms with Gasteiger partial charge in [0, 0.05) is 35.7 Å². The Bertz CT molecular complexity index is 1280. The monoisotopic (exact) mass is 540 g/mol. The molecule has 0 saturated heterocycles. The first-order chi connectivity index (χ1) is 18.7. The van der Waals surface area contributed by atoms with Crippen LogP contribution in [0.3, 0.4) is 0 Å². The summed E-state index contributed by atoms with van der Waals surface area (Å²) in [6.45, 7) is 3.36. The number of amides is 2. The van der Waals surface area contributed by atoms with Gasteiger partial charge >= 0.3 is 0 Å². The zero-order valence-electron chi connectivity index (χ0n) is 22.1.